The van der Waals surface area contributed by atoms with Crippen LogP contribution < -0.4 is 5.32 Å². The fourth-order valence-electron chi connectivity index (χ4n) is 3.20. The maximum absolute atomic E-state index is 5.41. The molecule has 1 nitrogen and oxygen atoms in total. The van der Waals surface area contributed by atoms with Crippen molar-refractivity contribution in [2.45, 2.75) is 71.3 Å². The van der Waals surface area contributed by atoms with Crippen LogP contribution in [0.2, 0.25) is 0 Å². The molecule has 0 saturated heterocycles. The van der Waals surface area contributed by atoms with Crippen LogP contribution in [-0.4, -0.2) is 12.6 Å². The number of rotatable bonds is 7. The Labute approximate surface area is 101 Å². The fourth-order valence-corrected chi connectivity index (χ4v) is 3.20. The van der Waals surface area contributed by atoms with Gasteiger partial charge in [-0.25, -0.2) is 0 Å². The van der Waals surface area contributed by atoms with Crippen LogP contribution in [0.1, 0.15) is 65.2 Å². The third-order valence-electron chi connectivity index (χ3n) is 4.26. The molecule has 1 heteroatoms. The highest BCUT2D eigenvalue weighted by Crippen LogP contribution is 2.45. The summed E-state index contributed by atoms with van der Waals surface area (Å²) in [6.07, 6.45) is 15.6. The van der Waals surface area contributed by atoms with E-state index in [0.717, 1.165) is 19.4 Å². The molecule has 0 aliphatic heterocycles. The Kier molecular flexibility index (Phi) is 5.91. The van der Waals surface area contributed by atoms with Gasteiger partial charge in [-0.1, -0.05) is 26.7 Å². The van der Waals surface area contributed by atoms with Crippen LogP contribution in [-0.2, 0) is 0 Å². The highest BCUT2D eigenvalue weighted by Gasteiger charge is 2.38. The van der Waals surface area contributed by atoms with Crippen LogP contribution in [0, 0.1) is 17.8 Å². The van der Waals surface area contributed by atoms with E-state index in [9.17, 15) is 0 Å². The lowest BCUT2D eigenvalue weighted by atomic mass is 9.74. The summed E-state index contributed by atoms with van der Waals surface area (Å²) in [7, 11) is 0. The molecule has 0 spiro atoms. The third-order valence-corrected chi connectivity index (χ3v) is 4.26. The summed E-state index contributed by atoms with van der Waals surface area (Å²) in [6, 6.07) is 0.649. The van der Waals surface area contributed by atoms with E-state index >= 15 is 0 Å². The van der Waals surface area contributed by atoms with Gasteiger partial charge in [0, 0.05) is 12.5 Å². The molecule has 16 heavy (non-hydrogen) atoms. The zero-order chi connectivity index (χ0) is 11.9. The molecule has 1 unspecified atom stereocenters. The van der Waals surface area contributed by atoms with Gasteiger partial charge in [-0.3, -0.25) is 0 Å². The number of hydrogen-bond acceptors (Lipinski definition) is 1. The molecule has 1 atom stereocenters. The third kappa shape index (κ3) is 3.25. The summed E-state index contributed by atoms with van der Waals surface area (Å²) in [5.74, 6) is 2.80. The van der Waals surface area contributed by atoms with Gasteiger partial charge in [0.05, 0.1) is 0 Å². The SMILES string of the molecule is C#CCCC(NCCC)C1(CC)CCCC1. The second-order valence-corrected chi connectivity index (χ2v) is 5.17. The van der Waals surface area contributed by atoms with Crippen LogP contribution in [0.5, 0.6) is 0 Å². The molecule has 0 aromatic rings. The molecule has 0 bridgehead atoms. The molecular weight excluding hydrogens is 194 g/mol. The van der Waals surface area contributed by atoms with Gasteiger partial charge in [0.1, 0.15) is 0 Å². The summed E-state index contributed by atoms with van der Waals surface area (Å²) < 4.78 is 0. The van der Waals surface area contributed by atoms with Crippen molar-refractivity contribution in [3.8, 4) is 12.3 Å². The molecule has 1 fully saturated rings. The first-order chi connectivity index (χ1) is 7.79. The van der Waals surface area contributed by atoms with Gasteiger partial charge in [0.25, 0.3) is 0 Å². The van der Waals surface area contributed by atoms with E-state index in [1.807, 2.05) is 0 Å². The lowest BCUT2D eigenvalue weighted by Crippen LogP contribution is -2.44. The van der Waals surface area contributed by atoms with Gasteiger partial charge in [-0.15, -0.1) is 12.3 Å². The van der Waals surface area contributed by atoms with E-state index in [-0.39, 0.29) is 0 Å². The van der Waals surface area contributed by atoms with E-state index in [4.69, 9.17) is 6.42 Å². The number of hydrogen-bond donors (Lipinski definition) is 1. The lowest BCUT2D eigenvalue weighted by molar-refractivity contribution is 0.178. The van der Waals surface area contributed by atoms with Crippen molar-refractivity contribution in [2.24, 2.45) is 5.41 Å². The maximum atomic E-state index is 5.41. The quantitative estimate of drug-likeness (QED) is 0.646. The molecular formula is C15H27N. The van der Waals surface area contributed by atoms with Crippen LogP contribution in [0.3, 0.4) is 0 Å². The topological polar surface area (TPSA) is 12.0 Å². The van der Waals surface area contributed by atoms with Gasteiger partial charge >= 0.3 is 0 Å². The molecule has 0 aromatic heterocycles. The average Bonchev–Trinajstić information content (AvgIpc) is 2.79. The van der Waals surface area contributed by atoms with E-state index in [1.54, 1.807) is 0 Å². The van der Waals surface area contributed by atoms with Gasteiger partial charge in [0.15, 0.2) is 0 Å². The Morgan fingerprint density at radius 1 is 1.31 bits per heavy atom. The van der Waals surface area contributed by atoms with Crippen molar-refractivity contribution in [3.63, 3.8) is 0 Å². The normalized spacial score (nSPS) is 20.6. The largest absolute Gasteiger partial charge is 0.313 e. The van der Waals surface area contributed by atoms with Crippen molar-refractivity contribution in [2.75, 3.05) is 6.54 Å². The predicted octanol–water partition coefficient (Wildman–Crippen LogP) is 3.74. The molecule has 0 aromatic carbocycles. The van der Waals surface area contributed by atoms with Gasteiger partial charge < -0.3 is 5.32 Å². The van der Waals surface area contributed by atoms with Crippen molar-refractivity contribution in [3.05, 3.63) is 0 Å². The van der Waals surface area contributed by atoms with Gasteiger partial charge in [-0.05, 0) is 44.1 Å². The minimum absolute atomic E-state index is 0.548. The first kappa shape index (κ1) is 13.6. The Morgan fingerprint density at radius 2 is 2.00 bits per heavy atom. The van der Waals surface area contributed by atoms with Gasteiger partial charge in [-0.2, -0.15) is 0 Å². The second-order valence-electron chi connectivity index (χ2n) is 5.17. The molecule has 1 rings (SSSR count). The van der Waals surface area contributed by atoms with Crippen LogP contribution in [0.15, 0.2) is 0 Å². The minimum Gasteiger partial charge on any atom is -0.313 e. The summed E-state index contributed by atoms with van der Waals surface area (Å²) in [5, 5.41) is 3.74. The van der Waals surface area contributed by atoms with E-state index < -0.39 is 0 Å². The van der Waals surface area contributed by atoms with Crippen molar-refractivity contribution in [1.29, 1.82) is 0 Å². The minimum atomic E-state index is 0.548. The molecule has 0 heterocycles. The van der Waals surface area contributed by atoms with Crippen molar-refractivity contribution in [1.82, 2.24) is 5.32 Å². The molecule has 92 valence electrons. The Morgan fingerprint density at radius 3 is 2.50 bits per heavy atom. The van der Waals surface area contributed by atoms with Crippen molar-refractivity contribution < 1.29 is 0 Å². The summed E-state index contributed by atoms with van der Waals surface area (Å²) in [5.41, 5.74) is 0.548. The highest BCUT2D eigenvalue weighted by molar-refractivity contribution is 4.96. The van der Waals surface area contributed by atoms with Crippen LogP contribution in [0.4, 0.5) is 0 Å². The van der Waals surface area contributed by atoms with Crippen molar-refractivity contribution >= 4 is 0 Å². The molecule has 1 aliphatic carbocycles. The molecule has 1 saturated carbocycles. The maximum Gasteiger partial charge on any atom is 0.0132 e. The Hall–Kier alpha value is -0.480. The summed E-state index contributed by atoms with van der Waals surface area (Å²) >= 11 is 0. The first-order valence-corrected chi connectivity index (χ1v) is 6.96. The summed E-state index contributed by atoms with van der Waals surface area (Å²) in [4.78, 5) is 0. The Balaban J connectivity index is 2.60. The molecule has 0 radical (unpaired) electrons. The van der Waals surface area contributed by atoms with Crippen LogP contribution >= 0.6 is 0 Å². The first-order valence-electron chi connectivity index (χ1n) is 6.96. The highest BCUT2D eigenvalue weighted by atomic mass is 14.9. The standard InChI is InChI=1S/C15H27N/c1-4-7-10-14(16-13-5-2)15(6-3)11-8-9-12-15/h1,14,16H,5-13H2,2-3H3. The zero-order valence-corrected chi connectivity index (χ0v) is 11.0. The molecule has 1 aliphatic rings. The number of nitrogens with one attached hydrogen (secondary N) is 1. The summed E-state index contributed by atoms with van der Waals surface area (Å²) in [6.45, 7) is 5.72. The molecule has 1 N–H and O–H groups in total. The van der Waals surface area contributed by atoms with E-state index in [1.165, 1.54) is 38.5 Å². The fraction of sp³-hybridized carbons (Fsp3) is 0.867. The van der Waals surface area contributed by atoms with E-state index in [2.05, 4.69) is 25.1 Å². The predicted molar refractivity (Wildman–Crippen MR) is 71.3 cm³/mol. The van der Waals surface area contributed by atoms with E-state index in [0.29, 0.717) is 11.5 Å². The zero-order valence-electron chi connectivity index (χ0n) is 11.0. The van der Waals surface area contributed by atoms with Gasteiger partial charge in [0.2, 0.25) is 0 Å². The lowest BCUT2D eigenvalue weighted by Gasteiger charge is -2.37. The monoisotopic (exact) mass is 221 g/mol. The Bertz CT molecular complexity index is 220. The second kappa shape index (κ2) is 6.97. The average molecular weight is 221 g/mol. The van der Waals surface area contributed by atoms with Crippen LogP contribution in [0.25, 0.3) is 0 Å². The molecule has 0 amide bonds. The number of terminal acetylenes is 1. The smallest absolute Gasteiger partial charge is 0.0132 e.